The van der Waals surface area contributed by atoms with Gasteiger partial charge in [0.2, 0.25) is 0 Å². The molecule has 0 amide bonds. The second-order valence-electron chi connectivity index (χ2n) is 10.5. The molecule has 1 unspecified atom stereocenters. The van der Waals surface area contributed by atoms with E-state index in [0.717, 1.165) is 12.1 Å². The summed E-state index contributed by atoms with van der Waals surface area (Å²) < 4.78 is 73.2. The summed E-state index contributed by atoms with van der Waals surface area (Å²) in [6.45, 7) is 9.22. The molecule has 15 heteroatoms. The van der Waals surface area contributed by atoms with Gasteiger partial charge >= 0.3 is 12.4 Å². The van der Waals surface area contributed by atoms with Gasteiger partial charge in [-0.05, 0) is 42.5 Å². The predicted molar refractivity (Wildman–Crippen MR) is 185 cm³/mol. The standard InChI is InChI=1S/C9H6F3N3.C9H5F3N3.2C8H11P.Os/c2*10-9(11,12)8-5-7(14-15-8)6-3-1-2-4-13-6;2*1-9(2)8-6-4-3-5-7-8;/h1-6H;1-5H;2*3-7H,1-2H3;/q-2;-1;;;/p+2. The van der Waals surface area contributed by atoms with E-state index in [4.69, 9.17) is 0 Å². The maximum absolute atomic E-state index is 12.2. The molecule has 262 valence electrons. The van der Waals surface area contributed by atoms with Gasteiger partial charge in [0.25, 0.3) is 0 Å². The molecule has 3 aromatic heterocycles. The third-order valence-electron chi connectivity index (χ3n) is 6.35. The molecule has 2 aromatic carbocycles. The Balaban J connectivity index is 0.000000232. The van der Waals surface area contributed by atoms with Gasteiger partial charge in [0.05, 0.1) is 37.3 Å². The van der Waals surface area contributed by atoms with Crippen molar-refractivity contribution in [2.45, 2.75) is 18.4 Å². The summed E-state index contributed by atoms with van der Waals surface area (Å²) in [6, 6.07) is 27.6. The van der Waals surface area contributed by atoms with Crippen LogP contribution < -0.4 is 20.8 Å². The van der Waals surface area contributed by atoms with Crippen molar-refractivity contribution in [3.63, 3.8) is 0 Å². The summed E-state index contributed by atoms with van der Waals surface area (Å²) in [5.74, 6) is 0. The monoisotopic (exact) mass is 895 g/mol. The van der Waals surface area contributed by atoms with Crippen molar-refractivity contribution in [2.24, 2.45) is 0 Å². The fourth-order valence-corrected chi connectivity index (χ4v) is 5.51. The molecule has 1 aliphatic heterocycles. The third-order valence-corrected chi connectivity index (χ3v) is 9.32. The molecule has 0 bridgehead atoms. The maximum atomic E-state index is 12.2. The van der Waals surface area contributed by atoms with Crippen LogP contribution in [0.15, 0.2) is 122 Å². The predicted octanol–water partition coefficient (Wildman–Crippen LogP) is 8.24. The number of hydrogen-bond donors (Lipinski definition) is 0. The van der Waals surface area contributed by atoms with E-state index >= 15 is 0 Å². The van der Waals surface area contributed by atoms with Gasteiger partial charge in [-0.3, -0.25) is 4.98 Å². The molecule has 6 nitrogen and oxygen atoms in total. The van der Waals surface area contributed by atoms with Crippen LogP contribution in [-0.4, -0.2) is 41.8 Å². The Morgan fingerprint density at radius 3 is 1.53 bits per heavy atom. The second-order valence-corrected chi connectivity index (χ2v) is 15.7. The molecular weight excluding hydrogens is 859 g/mol. The summed E-state index contributed by atoms with van der Waals surface area (Å²) >= 11 is 0. The summed E-state index contributed by atoms with van der Waals surface area (Å²) in [7, 11) is -0.424. The van der Waals surface area contributed by atoms with Gasteiger partial charge in [0.15, 0.2) is 0 Å². The van der Waals surface area contributed by atoms with Crippen molar-refractivity contribution >= 4 is 26.5 Å². The van der Waals surface area contributed by atoms with Gasteiger partial charge in [-0.15, -0.1) is 0 Å². The molecule has 0 saturated heterocycles. The summed E-state index contributed by atoms with van der Waals surface area (Å²) in [4.78, 5) is 3.87. The Hall–Kier alpha value is -3.63. The smallest absolute Gasteiger partial charge is 0.431 e. The SMILES string of the molecule is C[PH+](C)c1ccccc1.C[PH+](C)c1ccccc1.FC(F)(F)c1cc(-c2ccccn2)[n-]n1.FC(F)(F)c1cc(C2C=CC=C[N-]2)[n-]n1.[Os]. The quantitative estimate of drug-likeness (QED) is 0.134. The molecule has 5 aromatic rings. The van der Waals surface area contributed by atoms with E-state index in [1.165, 1.54) is 23.0 Å². The van der Waals surface area contributed by atoms with Crippen LogP contribution in [0.25, 0.3) is 16.7 Å². The summed E-state index contributed by atoms with van der Waals surface area (Å²) in [6.07, 6.45) is -0.843. The van der Waals surface area contributed by atoms with Crippen LogP contribution in [0.3, 0.4) is 0 Å². The normalized spacial score (nSPS) is 13.5. The van der Waals surface area contributed by atoms with E-state index in [1.54, 1.807) is 36.4 Å². The summed E-state index contributed by atoms with van der Waals surface area (Å²) in [5.41, 5.74) is -1.26. The fourth-order valence-electron chi connectivity index (χ4n) is 3.79. The van der Waals surface area contributed by atoms with Crippen LogP contribution >= 0.6 is 15.8 Å². The first-order valence-corrected chi connectivity index (χ1v) is 19.6. The van der Waals surface area contributed by atoms with Crippen molar-refractivity contribution < 1.29 is 46.1 Å². The van der Waals surface area contributed by atoms with Crippen molar-refractivity contribution in [3.05, 3.63) is 144 Å². The Morgan fingerprint density at radius 1 is 0.633 bits per heavy atom. The van der Waals surface area contributed by atoms with Gasteiger partial charge in [-0.2, -0.15) is 38.2 Å². The van der Waals surface area contributed by atoms with Crippen molar-refractivity contribution in [3.8, 4) is 11.4 Å². The number of hydrogen-bond acceptors (Lipinski definition) is 3. The Bertz CT molecular complexity index is 1650. The van der Waals surface area contributed by atoms with E-state index in [9.17, 15) is 26.3 Å². The maximum Gasteiger partial charge on any atom is 0.431 e. The van der Waals surface area contributed by atoms with Crippen LogP contribution in [0.4, 0.5) is 26.3 Å². The second kappa shape index (κ2) is 20.1. The third kappa shape index (κ3) is 14.4. The molecule has 0 radical (unpaired) electrons. The first-order chi connectivity index (χ1) is 22.8. The van der Waals surface area contributed by atoms with Gasteiger partial charge in [0.1, 0.15) is 11.4 Å². The molecule has 1 aliphatic rings. The van der Waals surface area contributed by atoms with Crippen molar-refractivity contribution in [1.29, 1.82) is 0 Å². The zero-order chi connectivity index (χ0) is 35.2. The van der Waals surface area contributed by atoms with E-state index in [0.29, 0.717) is 5.69 Å². The minimum Gasteiger partial charge on any atom is -0.683 e. The molecule has 0 fully saturated rings. The van der Waals surface area contributed by atoms with Crippen LogP contribution in [0.5, 0.6) is 0 Å². The molecular formula is C34H35F6N6OsP2-. The molecule has 0 saturated carbocycles. The molecule has 0 N–H and O–H groups in total. The molecule has 1 atom stereocenters. The number of rotatable bonds is 4. The Kier molecular flexibility index (Phi) is 17.1. The Morgan fingerprint density at radius 2 is 1.14 bits per heavy atom. The fraction of sp³-hybridized carbons (Fsp3) is 0.206. The number of nitrogens with zero attached hydrogens (tertiary/aromatic N) is 6. The molecule has 0 aliphatic carbocycles. The average molecular weight is 894 g/mol. The average Bonchev–Trinajstić information content (AvgIpc) is 3.79. The Labute approximate surface area is 297 Å². The van der Waals surface area contributed by atoms with E-state index in [1.807, 2.05) is 0 Å². The molecule has 6 rings (SSSR count). The van der Waals surface area contributed by atoms with Gasteiger partial charge < -0.3 is 25.7 Å². The first kappa shape index (κ1) is 41.5. The number of benzene rings is 2. The van der Waals surface area contributed by atoms with E-state index < -0.39 is 29.8 Å². The van der Waals surface area contributed by atoms with Crippen LogP contribution in [0.2, 0.25) is 0 Å². The van der Waals surface area contributed by atoms with Crippen LogP contribution in [0, 0.1) is 0 Å². The zero-order valence-corrected chi connectivity index (χ0v) is 31.5. The number of halogens is 6. The van der Waals surface area contributed by atoms with Gasteiger partial charge in [-0.25, -0.2) is 0 Å². The molecule has 0 spiro atoms. The number of pyridine rings is 1. The van der Waals surface area contributed by atoms with Gasteiger partial charge in [0, 0.05) is 47.5 Å². The van der Waals surface area contributed by atoms with Crippen molar-refractivity contribution in [2.75, 3.05) is 26.7 Å². The zero-order valence-electron chi connectivity index (χ0n) is 26.9. The number of alkyl halides is 6. The largest absolute Gasteiger partial charge is 0.683 e. The minimum absolute atomic E-state index is 0. The van der Waals surface area contributed by atoms with E-state index in [2.05, 4.69) is 118 Å². The van der Waals surface area contributed by atoms with E-state index in [-0.39, 0.29) is 47.0 Å². The number of aromatic nitrogens is 5. The first-order valence-electron chi connectivity index (χ1n) is 14.6. The van der Waals surface area contributed by atoms with Crippen LogP contribution in [0.1, 0.15) is 23.1 Å². The molecule has 4 heterocycles. The van der Waals surface area contributed by atoms with Gasteiger partial charge in [-0.1, -0.05) is 78.5 Å². The summed E-state index contributed by atoms with van der Waals surface area (Å²) in [5, 5.41) is 20.0. The minimum atomic E-state index is -4.46. The molecule has 49 heavy (non-hydrogen) atoms. The van der Waals surface area contributed by atoms with Crippen molar-refractivity contribution in [1.82, 2.24) is 25.4 Å². The van der Waals surface area contributed by atoms with Crippen LogP contribution in [-0.2, 0) is 32.1 Å². The number of allylic oxidation sites excluding steroid dienone is 2. The topological polar surface area (TPSA) is 81.0 Å².